The Morgan fingerprint density at radius 2 is 2.00 bits per heavy atom. The maximum absolute atomic E-state index is 13.6. The van der Waals surface area contributed by atoms with Gasteiger partial charge in [-0.05, 0) is 36.5 Å². The number of hydrogen-bond acceptors (Lipinski definition) is 3. The first kappa shape index (κ1) is 17.4. The van der Waals surface area contributed by atoms with Crippen LogP contribution in [0.4, 0.5) is 4.39 Å². The Balaban J connectivity index is 1.79. The van der Waals surface area contributed by atoms with Crippen molar-refractivity contribution in [2.75, 3.05) is 19.7 Å². The third-order valence-electron chi connectivity index (χ3n) is 5.72. The van der Waals surface area contributed by atoms with Gasteiger partial charge in [0, 0.05) is 31.5 Å². The maximum atomic E-state index is 13.6. The highest BCUT2D eigenvalue weighted by Crippen LogP contribution is 2.37. The van der Waals surface area contributed by atoms with Gasteiger partial charge in [-0.25, -0.2) is 4.39 Å². The number of carboxylic acid groups (broad SMARTS) is 1. The molecule has 1 aromatic carbocycles. The Morgan fingerprint density at radius 1 is 1.25 bits per heavy atom. The highest BCUT2D eigenvalue weighted by atomic mass is 19.1. The lowest BCUT2D eigenvalue weighted by molar-refractivity contribution is -0.145. The van der Waals surface area contributed by atoms with E-state index in [0.717, 1.165) is 31.2 Å². The second kappa shape index (κ2) is 7.62. The largest absolute Gasteiger partial charge is 0.480 e. The van der Waals surface area contributed by atoms with E-state index in [1.165, 1.54) is 18.6 Å². The van der Waals surface area contributed by atoms with Crippen LogP contribution in [0.5, 0.6) is 0 Å². The Morgan fingerprint density at radius 3 is 2.62 bits per heavy atom. The summed E-state index contributed by atoms with van der Waals surface area (Å²) in [5, 5.41) is 19.5. The molecule has 5 heteroatoms. The first-order valence-corrected chi connectivity index (χ1v) is 8.93. The van der Waals surface area contributed by atoms with Gasteiger partial charge < -0.3 is 10.2 Å². The molecule has 2 N–H and O–H groups in total. The molecular formula is C19H26FNO3. The zero-order valence-electron chi connectivity index (χ0n) is 13.9. The molecule has 0 unspecified atom stereocenters. The third-order valence-corrected chi connectivity index (χ3v) is 5.72. The van der Waals surface area contributed by atoms with Gasteiger partial charge in [0.1, 0.15) is 11.9 Å². The van der Waals surface area contributed by atoms with Gasteiger partial charge in [-0.15, -0.1) is 0 Å². The number of aliphatic hydroxyl groups excluding tert-OH is 1. The van der Waals surface area contributed by atoms with Crippen LogP contribution in [0.3, 0.4) is 0 Å². The summed E-state index contributed by atoms with van der Waals surface area (Å²) < 4.78 is 13.6. The fourth-order valence-electron chi connectivity index (χ4n) is 4.54. The minimum Gasteiger partial charge on any atom is -0.480 e. The average molecular weight is 335 g/mol. The molecule has 1 saturated carbocycles. The van der Waals surface area contributed by atoms with Crippen molar-refractivity contribution >= 4 is 5.97 Å². The minimum absolute atomic E-state index is 0.00527. The predicted molar refractivity (Wildman–Crippen MR) is 89.3 cm³/mol. The molecule has 1 heterocycles. The summed E-state index contributed by atoms with van der Waals surface area (Å²) in [7, 11) is 0. The van der Waals surface area contributed by atoms with Crippen molar-refractivity contribution in [3.8, 4) is 0 Å². The predicted octanol–water partition coefficient (Wildman–Crippen LogP) is 2.87. The third kappa shape index (κ3) is 3.62. The summed E-state index contributed by atoms with van der Waals surface area (Å²) in [6, 6.07) is 5.98. The van der Waals surface area contributed by atoms with Crippen LogP contribution in [0.15, 0.2) is 24.3 Å². The van der Waals surface area contributed by atoms with Crippen molar-refractivity contribution in [2.45, 2.75) is 44.1 Å². The zero-order chi connectivity index (χ0) is 17.1. The van der Waals surface area contributed by atoms with E-state index in [0.29, 0.717) is 13.1 Å². The molecule has 0 bridgehead atoms. The highest BCUT2D eigenvalue weighted by molar-refractivity contribution is 5.74. The van der Waals surface area contributed by atoms with Crippen LogP contribution >= 0.6 is 0 Å². The second-order valence-electron chi connectivity index (χ2n) is 7.24. The minimum atomic E-state index is -0.765. The summed E-state index contributed by atoms with van der Waals surface area (Å²) in [4.78, 5) is 13.9. The normalized spacial score (nSPS) is 27.2. The van der Waals surface area contributed by atoms with Crippen molar-refractivity contribution in [1.82, 2.24) is 4.90 Å². The molecule has 0 spiro atoms. The number of carboxylic acids is 1. The molecule has 3 atom stereocenters. The van der Waals surface area contributed by atoms with Gasteiger partial charge in [0.2, 0.25) is 0 Å². The molecule has 0 radical (unpaired) electrons. The number of rotatable bonds is 5. The first-order valence-electron chi connectivity index (χ1n) is 8.93. The number of nitrogens with zero attached hydrogens (tertiary/aromatic N) is 1. The summed E-state index contributed by atoms with van der Waals surface area (Å²) in [6.45, 7) is 1.13. The van der Waals surface area contributed by atoms with Crippen molar-refractivity contribution in [2.24, 2.45) is 11.8 Å². The molecule has 1 aliphatic carbocycles. The molecule has 0 aromatic heterocycles. The Labute approximate surface area is 142 Å². The molecule has 2 aliphatic rings. The molecule has 24 heavy (non-hydrogen) atoms. The number of halogens is 1. The lowest BCUT2D eigenvalue weighted by Gasteiger charge is -2.33. The SMILES string of the molecule is O=C(O)[C@@H](C1CCCCC1)N1C[C@H](CO)[C@@H](c2cccc(F)c2)C1. The molecular weight excluding hydrogens is 309 g/mol. The van der Waals surface area contributed by atoms with Crippen LogP contribution in [0.2, 0.25) is 0 Å². The molecule has 2 fully saturated rings. The summed E-state index contributed by atoms with van der Waals surface area (Å²) >= 11 is 0. The first-order chi connectivity index (χ1) is 11.6. The molecule has 4 nitrogen and oxygen atoms in total. The average Bonchev–Trinajstić information content (AvgIpc) is 2.99. The number of likely N-dealkylation sites (tertiary alicyclic amines) is 1. The van der Waals surface area contributed by atoms with Crippen molar-refractivity contribution in [3.63, 3.8) is 0 Å². The van der Waals surface area contributed by atoms with Crippen molar-refractivity contribution in [3.05, 3.63) is 35.6 Å². The summed E-state index contributed by atoms with van der Waals surface area (Å²) in [5.41, 5.74) is 0.851. The van der Waals surface area contributed by atoms with E-state index < -0.39 is 12.0 Å². The number of aliphatic carboxylic acids is 1. The lowest BCUT2D eigenvalue weighted by Crippen LogP contribution is -2.46. The fraction of sp³-hybridized carbons (Fsp3) is 0.632. The molecule has 1 aliphatic heterocycles. The van der Waals surface area contributed by atoms with Gasteiger partial charge in [-0.3, -0.25) is 9.69 Å². The van der Waals surface area contributed by atoms with E-state index in [4.69, 9.17) is 0 Å². The van der Waals surface area contributed by atoms with Crippen LogP contribution in [-0.4, -0.2) is 46.8 Å². The Hall–Kier alpha value is -1.46. The monoisotopic (exact) mass is 335 g/mol. The molecule has 3 rings (SSSR count). The lowest BCUT2D eigenvalue weighted by atomic mass is 9.83. The van der Waals surface area contributed by atoms with E-state index >= 15 is 0 Å². The molecule has 0 amide bonds. The van der Waals surface area contributed by atoms with Crippen LogP contribution in [-0.2, 0) is 4.79 Å². The Bertz CT molecular complexity index is 573. The van der Waals surface area contributed by atoms with E-state index in [9.17, 15) is 19.4 Å². The van der Waals surface area contributed by atoms with Crippen LogP contribution in [0.25, 0.3) is 0 Å². The topological polar surface area (TPSA) is 60.8 Å². The van der Waals surface area contributed by atoms with Gasteiger partial charge in [0.05, 0.1) is 0 Å². The van der Waals surface area contributed by atoms with Gasteiger partial charge in [-0.1, -0.05) is 31.4 Å². The van der Waals surface area contributed by atoms with E-state index in [1.807, 2.05) is 11.0 Å². The number of carbonyl (C=O) groups is 1. The highest BCUT2D eigenvalue weighted by Gasteiger charge is 2.42. The van der Waals surface area contributed by atoms with Gasteiger partial charge in [-0.2, -0.15) is 0 Å². The summed E-state index contributed by atoms with van der Waals surface area (Å²) in [5.74, 6) is -0.932. The second-order valence-corrected chi connectivity index (χ2v) is 7.24. The molecule has 1 aromatic rings. The van der Waals surface area contributed by atoms with E-state index in [1.54, 1.807) is 6.07 Å². The quantitative estimate of drug-likeness (QED) is 0.869. The number of benzene rings is 1. The number of hydrogen-bond donors (Lipinski definition) is 2. The van der Waals surface area contributed by atoms with Gasteiger partial charge in [0.15, 0.2) is 0 Å². The van der Waals surface area contributed by atoms with Crippen molar-refractivity contribution < 1.29 is 19.4 Å². The van der Waals surface area contributed by atoms with Gasteiger partial charge >= 0.3 is 5.97 Å². The van der Waals surface area contributed by atoms with E-state index in [2.05, 4.69) is 0 Å². The molecule has 1 saturated heterocycles. The number of aliphatic hydroxyl groups is 1. The Kier molecular flexibility index (Phi) is 5.51. The molecule has 132 valence electrons. The van der Waals surface area contributed by atoms with Crippen LogP contribution < -0.4 is 0 Å². The van der Waals surface area contributed by atoms with Crippen LogP contribution in [0.1, 0.15) is 43.6 Å². The zero-order valence-corrected chi connectivity index (χ0v) is 13.9. The fourth-order valence-corrected chi connectivity index (χ4v) is 4.54. The van der Waals surface area contributed by atoms with Crippen molar-refractivity contribution in [1.29, 1.82) is 0 Å². The summed E-state index contributed by atoms with van der Waals surface area (Å²) in [6.07, 6.45) is 5.30. The van der Waals surface area contributed by atoms with Crippen LogP contribution in [0, 0.1) is 17.7 Å². The maximum Gasteiger partial charge on any atom is 0.321 e. The standard InChI is InChI=1S/C19H26FNO3/c20-16-8-4-7-14(9-16)17-11-21(10-15(17)12-22)18(19(23)24)13-5-2-1-3-6-13/h4,7-9,13,15,17-18,22H,1-3,5-6,10-12H2,(H,23,24)/t15-,17-,18-/m1/s1. The van der Waals surface area contributed by atoms with E-state index in [-0.39, 0.29) is 30.2 Å². The smallest absolute Gasteiger partial charge is 0.321 e. The van der Waals surface area contributed by atoms with Gasteiger partial charge in [0.25, 0.3) is 0 Å².